The first-order valence-corrected chi connectivity index (χ1v) is 12.6. The number of quaternary nitrogens is 1. The number of amides is 2. The minimum absolute atomic E-state index is 0.169. The number of aromatic nitrogens is 1. The molecule has 2 aliphatic rings. The molecule has 5 rings (SSSR count). The maximum atomic E-state index is 13.3. The molecule has 2 fully saturated rings. The summed E-state index contributed by atoms with van der Waals surface area (Å²) in [5, 5.41) is 0.909. The van der Waals surface area contributed by atoms with E-state index in [2.05, 4.69) is 19.1 Å². The summed E-state index contributed by atoms with van der Waals surface area (Å²) in [6.07, 6.45) is 1.78. The molecule has 2 aromatic carbocycles. The summed E-state index contributed by atoms with van der Waals surface area (Å²) in [5.41, 5.74) is 3.70. The SMILES string of the molecule is CCOC(=O)[C@H]1CCC[NH+]([C@@H]2CC(=O)N(c3ccc(-c4nc5ccc(C)cc5s4)cc3)C2=O)C1. The molecule has 2 saturated heterocycles. The highest BCUT2D eigenvalue weighted by Gasteiger charge is 2.47. The van der Waals surface area contributed by atoms with Crippen LogP contribution < -0.4 is 9.80 Å². The predicted octanol–water partition coefficient (Wildman–Crippen LogP) is 2.76. The lowest BCUT2D eigenvalue weighted by Gasteiger charge is -2.31. The smallest absolute Gasteiger partial charge is 0.314 e. The second kappa shape index (κ2) is 9.27. The quantitative estimate of drug-likeness (QED) is 0.451. The summed E-state index contributed by atoms with van der Waals surface area (Å²) in [6, 6.07) is 13.2. The molecule has 1 aromatic heterocycles. The van der Waals surface area contributed by atoms with Crippen molar-refractivity contribution in [3.8, 4) is 10.6 Å². The van der Waals surface area contributed by atoms with Crippen LogP contribution in [0.15, 0.2) is 42.5 Å². The molecule has 3 atom stereocenters. The van der Waals surface area contributed by atoms with Gasteiger partial charge in [0.15, 0.2) is 6.04 Å². The van der Waals surface area contributed by atoms with E-state index in [-0.39, 0.29) is 30.1 Å². The first-order chi connectivity index (χ1) is 16.4. The summed E-state index contributed by atoms with van der Waals surface area (Å²) in [7, 11) is 0. The zero-order valence-corrected chi connectivity index (χ0v) is 20.2. The van der Waals surface area contributed by atoms with Crippen LogP contribution in [0.2, 0.25) is 0 Å². The Bertz CT molecular complexity index is 1250. The van der Waals surface area contributed by atoms with Crippen molar-refractivity contribution < 1.29 is 24.0 Å². The molecule has 34 heavy (non-hydrogen) atoms. The monoisotopic (exact) mass is 478 g/mol. The number of aryl methyl sites for hydroxylation is 1. The van der Waals surface area contributed by atoms with Crippen molar-refractivity contribution in [2.45, 2.75) is 39.2 Å². The third-order valence-electron chi connectivity index (χ3n) is 6.73. The van der Waals surface area contributed by atoms with Gasteiger partial charge in [-0.2, -0.15) is 0 Å². The summed E-state index contributed by atoms with van der Waals surface area (Å²) in [6.45, 7) is 5.53. The van der Waals surface area contributed by atoms with E-state index < -0.39 is 6.04 Å². The molecule has 0 bridgehead atoms. The maximum Gasteiger partial charge on any atom is 0.314 e. The molecule has 1 N–H and O–H groups in total. The number of benzene rings is 2. The van der Waals surface area contributed by atoms with Gasteiger partial charge in [0.2, 0.25) is 5.91 Å². The largest absolute Gasteiger partial charge is 0.466 e. The average Bonchev–Trinajstić information content (AvgIpc) is 3.39. The van der Waals surface area contributed by atoms with Gasteiger partial charge in [0.05, 0.1) is 42.0 Å². The molecule has 0 spiro atoms. The molecular weight excluding hydrogens is 450 g/mol. The fraction of sp³-hybridized carbons (Fsp3) is 0.385. The van der Waals surface area contributed by atoms with Gasteiger partial charge in [0, 0.05) is 5.56 Å². The van der Waals surface area contributed by atoms with Gasteiger partial charge < -0.3 is 9.64 Å². The number of ether oxygens (including phenoxy) is 1. The molecular formula is C26H28N3O4S+. The van der Waals surface area contributed by atoms with E-state index in [4.69, 9.17) is 9.72 Å². The van der Waals surface area contributed by atoms with E-state index in [1.165, 1.54) is 10.5 Å². The Balaban J connectivity index is 1.32. The zero-order chi connectivity index (χ0) is 23.8. The Labute approximate surface area is 202 Å². The van der Waals surface area contributed by atoms with Crippen LogP contribution in [0.5, 0.6) is 0 Å². The second-order valence-corrected chi connectivity index (χ2v) is 10.1. The molecule has 0 radical (unpaired) electrons. The number of thiazole rings is 1. The summed E-state index contributed by atoms with van der Waals surface area (Å²) >= 11 is 1.63. The molecule has 8 heteroatoms. The number of piperidine rings is 1. The Hall–Kier alpha value is -3.10. The standard InChI is InChI=1S/C26H27N3O4S/c1-3-33-26(32)18-5-4-12-28(15-18)21-14-23(30)29(25(21)31)19-9-7-17(8-10-19)24-27-20-11-6-16(2)13-22(20)34-24/h6-11,13,18,21H,3-5,12,14-15H2,1-2H3/p+1/t18-,21+/m0/s1. The van der Waals surface area contributed by atoms with Crippen LogP contribution in [0.25, 0.3) is 20.8 Å². The molecule has 0 saturated carbocycles. The molecule has 1 unspecified atom stereocenters. The fourth-order valence-electron chi connectivity index (χ4n) is 5.00. The van der Waals surface area contributed by atoms with E-state index >= 15 is 0 Å². The lowest BCUT2D eigenvalue weighted by atomic mass is 9.96. The number of hydrogen-bond acceptors (Lipinski definition) is 6. The van der Waals surface area contributed by atoms with Gasteiger partial charge in [-0.3, -0.25) is 14.4 Å². The molecule has 0 aliphatic carbocycles. The first-order valence-electron chi connectivity index (χ1n) is 11.8. The second-order valence-electron chi connectivity index (χ2n) is 9.06. The number of rotatable bonds is 5. The van der Waals surface area contributed by atoms with Crippen molar-refractivity contribution in [1.82, 2.24) is 4.98 Å². The highest BCUT2D eigenvalue weighted by atomic mass is 32.1. The van der Waals surface area contributed by atoms with Crippen LogP contribution in [-0.4, -0.2) is 48.5 Å². The van der Waals surface area contributed by atoms with E-state index in [9.17, 15) is 14.4 Å². The minimum atomic E-state index is -0.447. The fourth-order valence-corrected chi connectivity index (χ4v) is 6.07. The van der Waals surface area contributed by atoms with Crippen LogP contribution in [0.1, 0.15) is 31.7 Å². The van der Waals surface area contributed by atoms with Crippen LogP contribution in [-0.2, 0) is 19.1 Å². The van der Waals surface area contributed by atoms with Gasteiger partial charge in [-0.15, -0.1) is 11.3 Å². The summed E-state index contributed by atoms with van der Waals surface area (Å²) in [4.78, 5) is 45.4. The lowest BCUT2D eigenvalue weighted by molar-refractivity contribution is -0.922. The van der Waals surface area contributed by atoms with Crippen molar-refractivity contribution >= 4 is 45.0 Å². The van der Waals surface area contributed by atoms with Gasteiger partial charge in [-0.1, -0.05) is 6.07 Å². The maximum absolute atomic E-state index is 13.3. The molecule has 7 nitrogen and oxygen atoms in total. The van der Waals surface area contributed by atoms with Crippen molar-refractivity contribution in [2.75, 3.05) is 24.6 Å². The van der Waals surface area contributed by atoms with Gasteiger partial charge in [0.1, 0.15) is 10.9 Å². The van der Waals surface area contributed by atoms with E-state index in [0.717, 1.165) is 45.1 Å². The predicted molar refractivity (Wildman–Crippen MR) is 131 cm³/mol. The zero-order valence-electron chi connectivity index (χ0n) is 19.4. The molecule has 176 valence electrons. The van der Waals surface area contributed by atoms with E-state index in [1.54, 1.807) is 18.3 Å². The van der Waals surface area contributed by atoms with Gasteiger partial charge >= 0.3 is 5.97 Å². The number of fused-ring (bicyclic) bond motifs is 1. The van der Waals surface area contributed by atoms with Gasteiger partial charge in [-0.25, -0.2) is 9.88 Å². The van der Waals surface area contributed by atoms with Crippen LogP contribution in [0.4, 0.5) is 5.69 Å². The molecule has 3 heterocycles. The van der Waals surface area contributed by atoms with Crippen molar-refractivity contribution in [3.63, 3.8) is 0 Å². The Morgan fingerprint density at radius 2 is 2.00 bits per heavy atom. The average molecular weight is 479 g/mol. The Morgan fingerprint density at radius 3 is 2.76 bits per heavy atom. The number of hydrogen-bond donors (Lipinski definition) is 1. The highest BCUT2D eigenvalue weighted by Crippen LogP contribution is 2.32. The number of imide groups is 1. The lowest BCUT2D eigenvalue weighted by Crippen LogP contribution is -3.18. The topological polar surface area (TPSA) is 81.0 Å². The number of anilines is 1. The molecule has 3 aromatic rings. The van der Waals surface area contributed by atoms with Crippen LogP contribution in [0.3, 0.4) is 0 Å². The number of nitrogens with zero attached hydrogens (tertiary/aromatic N) is 2. The third-order valence-corrected chi connectivity index (χ3v) is 7.80. The minimum Gasteiger partial charge on any atom is -0.466 e. The number of carbonyl (C=O) groups excluding carboxylic acids is 3. The van der Waals surface area contributed by atoms with E-state index in [0.29, 0.717) is 18.8 Å². The number of esters is 1. The summed E-state index contributed by atoms with van der Waals surface area (Å²) < 4.78 is 6.32. The van der Waals surface area contributed by atoms with Crippen LogP contribution in [0, 0.1) is 12.8 Å². The van der Waals surface area contributed by atoms with Crippen molar-refractivity contribution in [2.24, 2.45) is 5.92 Å². The first kappa shape index (κ1) is 22.7. The van der Waals surface area contributed by atoms with Crippen molar-refractivity contribution in [1.29, 1.82) is 0 Å². The van der Waals surface area contributed by atoms with Crippen LogP contribution >= 0.6 is 11.3 Å². The highest BCUT2D eigenvalue weighted by molar-refractivity contribution is 7.21. The number of likely N-dealkylation sites (tertiary alicyclic amines) is 1. The number of nitrogens with one attached hydrogen (secondary N) is 1. The number of carbonyl (C=O) groups is 3. The van der Waals surface area contributed by atoms with Gasteiger partial charge in [-0.05, 0) is 68.7 Å². The molecule has 2 aliphatic heterocycles. The molecule has 2 amide bonds. The van der Waals surface area contributed by atoms with Crippen molar-refractivity contribution in [3.05, 3.63) is 48.0 Å². The normalized spacial score (nSPS) is 23.0. The van der Waals surface area contributed by atoms with Gasteiger partial charge in [0.25, 0.3) is 5.91 Å². The third kappa shape index (κ3) is 4.23. The summed E-state index contributed by atoms with van der Waals surface area (Å²) in [5.74, 6) is -0.789. The van der Waals surface area contributed by atoms with E-state index in [1.807, 2.05) is 30.3 Å². The Kier molecular flexibility index (Phi) is 6.18. The Morgan fingerprint density at radius 1 is 1.21 bits per heavy atom.